The van der Waals surface area contributed by atoms with Crippen LogP contribution in [0.5, 0.6) is 5.75 Å². The van der Waals surface area contributed by atoms with Crippen LogP contribution in [0, 0.1) is 0 Å². The van der Waals surface area contributed by atoms with Crippen molar-refractivity contribution in [3.8, 4) is 5.75 Å². The van der Waals surface area contributed by atoms with E-state index in [-0.39, 0.29) is 5.75 Å². The predicted molar refractivity (Wildman–Crippen MR) is 65.3 cm³/mol. The van der Waals surface area contributed by atoms with Gasteiger partial charge in [-0.3, -0.25) is 0 Å². The van der Waals surface area contributed by atoms with Gasteiger partial charge >= 0.3 is 0 Å². The molecule has 84 valence electrons. The second kappa shape index (κ2) is 5.49. The van der Waals surface area contributed by atoms with Gasteiger partial charge in [0, 0.05) is 24.8 Å². The van der Waals surface area contributed by atoms with Crippen molar-refractivity contribution in [1.82, 2.24) is 0 Å². The maximum atomic E-state index is 9.53. The molecule has 3 nitrogen and oxygen atoms in total. The average molecular weight is 208 g/mol. The molecular formula is C12H20N2O. The van der Waals surface area contributed by atoms with Crippen LogP contribution in [-0.4, -0.2) is 18.2 Å². The van der Waals surface area contributed by atoms with Gasteiger partial charge in [-0.25, -0.2) is 0 Å². The van der Waals surface area contributed by atoms with Gasteiger partial charge in [0.1, 0.15) is 5.75 Å². The van der Waals surface area contributed by atoms with Crippen molar-refractivity contribution in [2.75, 3.05) is 23.7 Å². The smallest absolute Gasteiger partial charge is 0.140 e. The van der Waals surface area contributed by atoms with Crippen LogP contribution in [0.4, 0.5) is 11.4 Å². The van der Waals surface area contributed by atoms with Crippen molar-refractivity contribution in [2.24, 2.45) is 0 Å². The van der Waals surface area contributed by atoms with Gasteiger partial charge in [-0.15, -0.1) is 0 Å². The molecule has 0 saturated carbocycles. The van der Waals surface area contributed by atoms with E-state index in [4.69, 9.17) is 5.73 Å². The Labute approximate surface area is 91.5 Å². The number of nitrogens with zero attached hydrogens (tertiary/aromatic N) is 1. The zero-order chi connectivity index (χ0) is 11.3. The molecule has 0 unspecified atom stereocenters. The molecule has 0 aliphatic carbocycles. The number of phenols is 1. The summed E-state index contributed by atoms with van der Waals surface area (Å²) in [7, 11) is 0. The summed E-state index contributed by atoms with van der Waals surface area (Å²) in [6.45, 7) is 6.33. The lowest BCUT2D eigenvalue weighted by molar-refractivity contribution is 0.478. The number of nitrogen functional groups attached to an aromatic ring is 1. The van der Waals surface area contributed by atoms with E-state index in [1.165, 1.54) is 0 Å². The molecule has 0 heterocycles. The van der Waals surface area contributed by atoms with Gasteiger partial charge < -0.3 is 15.7 Å². The first kappa shape index (κ1) is 11.7. The lowest BCUT2D eigenvalue weighted by Crippen LogP contribution is -2.24. The molecule has 0 saturated heterocycles. The Kier molecular flexibility index (Phi) is 4.28. The standard InChI is InChI=1S/C12H20N2O/c1-3-7-14(8-4-2)10-5-6-11(13)12(15)9-10/h5-6,9,15H,3-4,7-8,13H2,1-2H3. The predicted octanol–water partition coefficient (Wildman–Crippen LogP) is 2.60. The third-order valence-corrected chi connectivity index (χ3v) is 2.37. The molecule has 0 aliphatic rings. The van der Waals surface area contributed by atoms with Gasteiger partial charge in [-0.05, 0) is 25.0 Å². The van der Waals surface area contributed by atoms with Gasteiger partial charge in [-0.1, -0.05) is 13.8 Å². The van der Waals surface area contributed by atoms with Gasteiger partial charge in [-0.2, -0.15) is 0 Å². The Balaban J connectivity index is 2.85. The van der Waals surface area contributed by atoms with E-state index >= 15 is 0 Å². The molecule has 1 aromatic rings. The highest BCUT2D eigenvalue weighted by molar-refractivity contribution is 5.61. The number of phenolic OH excluding ortho intramolecular Hbond substituents is 1. The maximum Gasteiger partial charge on any atom is 0.140 e. The molecule has 1 aromatic carbocycles. The first-order valence-electron chi connectivity index (χ1n) is 5.52. The maximum absolute atomic E-state index is 9.53. The fourth-order valence-electron chi connectivity index (χ4n) is 1.64. The summed E-state index contributed by atoms with van der Waals surface area (Å²) in [4.78, 5) is 2.26. The molecule has 15 heavy (non-hydrogen) atoms. The second-order valence-corrected chi connectivity index (χ2v) is 3.73. The summed E-state index contributed by atoms with van der Waals surface area (Å²) in [5.41, 5.74) is 7.05. The molecule has 3 N–H and O–H groups in total. The number of benzene rings is 1. The van der Waals surface area contributed by atoms with Crippen LogP contribution in [0.15, 0.2) is 18.2 Å². The molecular weight excluding hydrogens is 188 g/mol. The van der Waals surface area contributed by atoms with Crippen molar-refractivity contribution in [2.45, 2.75) is 26.7 Å². The van der Waals surface area contributed by atoms with Gasteiger partial charge in [0.15, 0.2) is 0 Å². The van der Waals surface area contributed by atoms with E-state index in [1.54, 1.807) is 12.1 Å². The van der Waals surface area contributed by atoms with Crippen molar-refractivity contribution >= 4 is 11.4 Å². The van der Waals surface area contributed by atoms with Gasteiger partial charge in [0.05, 0.1) is 5.69 Å². The van der Waals surface area contributed by atoms with Crippen molar-refractivity contribution < 1.29 is 5.11 Å². The van der Waals surface area contributed by atoms with Crippen LogP contribution in [0.2, 0.25) is 0 Å². The largest absolute Gasteiger partial charge is 0.506 e. The molecule has 0 aromatic heterocycles. The van der Waals surface area contributed by atoms with Crippen LogP contribution < -0.4 is 10.6 Å². The van der Waals surface area contributed by atoms with Crippen LogP contribution >= 0.6 is 0 Å². The fraction of sp³-hybridized carbons (Fsp3) is 0.500. The summed E-state index contributed by atoms with van der Waals surface area (Å²) < 4.78 is 0. The minimum absolute atomic E-state index is 0.171. The molecule has 0 aliphatic heterocycles. The Morgan fingerprint density at radius 3 is 2.27 bits per heavy atom. The summed E-state index contributed by atoms with van der Waals surface area (Å²) in [5, 5.41) is 9.53. The van der Waals surface area contributed by atoms with E-state index in [9.17, 15) is 5.11 Å². The second-order valence-electron chi connectivity index (χ2n) is 3.73. The number of rotatable bonds is 5. The van der Waals surface area contributed by atoms with E-state index < -0.39 is 0 Å². The third-order valence-electron chi connectivity index (χ3n) is 2.37. The summed E-state index contributed by atoms with van der Waals surface area (Å²) in [6, 6.07) is 5.45. The minimum atomic E-state index is 0.171. The normalized spacial score (nSPS) is 10.3. The van der Waals surface area contributed by atoms with Gasteiger partial charge in [0.2, 0.25) is 0 Å². The Morgan fingerprint density at radius 2 is 1.80 bits per heavy atom. The van der Waals surface area contributed by atoms with E-state index in [2.05, 4.69) is 18.7 Å². The quantitative estimate of drug-likeness (QED) is 0.577. The minimum Gasteiger partial charge on any atom is -0.506 e. The molecule has 3 heteroatoms. The SMILES string of the molecule is CCCN(CCC)c1ccc(N)c(O)c1. The number of anilines is 2. The van der Waals surface area contributed by atoms with E-state index in [1.807, 2.05) is 6.07 Å². The summed E-state index contributed by atoms with van der Waals surface area (Å²) in [5.74, 6) is 0.171. The molecule has 1 rings (SSSR count). The van der Waals surface area contributed by atoms with Gasteiger partial charge in [0.25, 0.3) is 0 Å². The highest BCUT2D eigenvalue weighted by Gasteiger charge is 2.06. The lowest BCUT2D eigenvalue weighted by atomic mass is 10.2. The highest BCUT2D eigenvalue weighted by atomic mass is 16.3. The highest BCUT2D eigenvalue weighted by Crippen LogP contribution is 2.26. The number of hydrogen-bond donors (Lipinski definition) is 2. The monoisotopic (exact) mass is 208 g/mol. The van der Waals surface area contributed by atoms with Crippen LogP contribution in [0.3, 0.4) is 0 Å². The van der Waals surface area contributed by atoms with E-state index in [0.717, 1.165) is 31.6 Å². The molecule has 0 amide bonds. The first-order chi connectivity index (χ1) is 7.19. The van der Waals surface area contributed by atoms with Crippen molar-refractivity contribution in [3.63, 3.8) is 0 Å². The molecule has 0 radical (unpaired) electrons. The van der Waals surface area contributed by atoms with Crippen LogP contribution in [0.1, 0.15) is 26.7 Å². The van der Waals surface area contributed by atoms with Crippen LogP contribution in [-0.2, 0) is 0 Å². The summed E-state index contributed by atoms with van der Waals surface area (Å²) >= 11 is 0. The lowest BCUT2D eigenvalue weighted by Gasteiger charge is -2.24. The van der Waals surface area contributed by atoms with Crippen LogP contribution in [0.25, 0.3) is 0 Å². The average Bonchev–Trinajstić information content (AvgIpc) is 2.22. The number of hydrogen-bond acceptors (Lipinski definition) is 3. The zero-order valence-electron chi connectivity index (χ0n) is 9.53. The van der Waals surface area contributed by atoms with E-state index in [0.29, 0.717) is 5.69 Å². The zero-order valence-corrected chi connectivity index (χ0v) is 9.53. The Hall–Kier alpha value is -1.38. The Bertz CT molecular complexity index is 306. The number of nitrogens with two attached hydrogens (primary N) is 1. The third kappa shape index (κ3) is 3.05. The summed E-state index contributed by atoms with van der Waals surface area (Å²) in [6.07, 6.45) is 2.20. The topological polar surface area (TPSA) is 49.5 Å². The molecule has 0 spiro atoms. The molecule has 0 bridgehead atoms. The molecule has 0 fully saturated rings. The van der Waals surface area contributed by atoms with Crippen molar-refractivity contribution in [1.29, 1.82) is 0 Å². The van der Waals surface area contributed by atoms with Crippen molar-refractivity contribution in [3.05, 3.63) is 18.2 Å². The number of aromatic hydroxyl groups is 1. The first-order valence-corrected chi connectivity index (χ1v) is 5.52. The fourth-order valence-corrected chi connectivity index (χ4v) is 1.64. The Morgan fingerprint density at radius 1 is 1.20 bits per heavy atom. The molecule has 0 atom stereocenters.